The van der Waals surface area contributed by atoms with Crippen LogP contribution in [-0.4, -0.2) is 37.0 Å². The Labute approximate surface area is 180 Å². The third kappa shape index (κ3) is 4.47. The number of para-hydroxylation sites is 2. The van der Waals surface area contributed by atoms with Gasteiger partial charge in [-0.25, -0.2) is 0 Å². The summed E-state index contributed by atoms with van der Waals surface area (Å²) in [5.41, 5.74) is 6.70. The molecule has 8 heteroatoms. The highest BCUT2D eigenvalue weighted by atomic mass is 16.6. The minimum atomic E-state index is -0.879. The van der Waals surface area contributed by atoms with Gasteiger partial charge in [-0.05, 0) is 35.7 Å². The molecule has 2 heterocycles. The van der Waals surface area contributed by atoms with E-state index in [-0.39, 0.29) is 25.5 Å². The van der Waals surface area contributed by atoms with E-state index in [1.165, 1.54) is 0 Å². The van der Waals surface area contributed by atoms with Crippen LogP contribution >= 0.6 is 0 Å². The fourth-order valence-electron chi connectivity index (χ4n) is 3.64. The lowest BCUT2D eigenvalue weighted by Crippen LogP contribution is -2.52. The van der Waals surface area contributed by atoms with Crippen LogP contribution in [-0.2, 0) is 14.4 Å². The van der Waals surface area contributed by atoms with E-state index in [1.807, 2.05) is 30.3 Å². The molecule has 2 aromatic rings. The van der Waals surface area contributed by atoms with E-state index in [2.05, 4.69) is 24.7 Å². The van der Waals surface area contributed by atoms with Crippen molar-refractivity contribution in [2.75, 3.05) is 18.1 Å². The number of carbonyl (C=O) groups excluding carboxylic acids is 3. The van der Waals surface area contributed by atoms with Crippen LogP contribution in [0.1, 0.15) is 31.7 Å². The van der Waals surface area contributed by atoms with Gasteiger partial charge in [-0.3, -0.25) is 25.2 Å². The average molecular weight is 423 g/mol. The Balaban J connectivity index is 1.32. The van der Waals surface area contributed by atoms with Crippen LogP contribution in [0.2, 0.25) is 0 Å². The summed E-state index contributed by atoms with van der Waals surface area (Å²) < 4.78 is 11.1. The first-order valence-corrected chi connectivity index (χ1v) is 10.3. The molecule has 0 bridgehead atoms. The maximum atomic E-state index is 12.6. The minimum Gasteiger partial charge on any atom is -0.485 e. The lowest BCUT2D eigenvalue weighted by atomic mass is 10.0. The molecule has 8 nitrogen and oxygen atoms in total. The van der Waals surface area contributed by atoms with Gasteiger partial charge in [-0.2, -0.15) is 0 Å². The van der Waals surface area contributed by atoms with Crippen molar-refractivity contribution in [1.82, 2.24) is 10.9 Å². The first-order valence-electron chi connectivity index (χ1n) is 10.3. The molecule has 0 aromatic heterocycles. The van der Waals surface area contributed by atoms with Gasteiger partial charge in [0.25, 0.3) is 5.91 Å². The molecule has 3 amide bonds. The van der Waals surface area contributed by atoms with Crippen LogP contribution in [0.15, 0.2) is 48.5 Å². The highest BCUT2D eigenvalue weighted by Crippen LogP contribution is 2.31. The summed E-state index contributed by atoms with van der Waals surface area (Å²) >= 11 is 0. The highest BCUT2D eigenvalue weighted by molar-refractivity contribution is 6.00. The molecule has 4 rings (SSSR count). The normalized spacial score (nSPS) is 20.0. The Bertz CT molecular complexity index is 1010. The zero-order valence-electron chi connectivity index (χ0n) is 17.5. The molecule has 0 saturated carbocycles. The maximum absolute atomic E-state index is 12.6. The topological polar surface area (TPSA) is 97.0 Å². The third-order valence-corrected chi connectivity index (χ3v) is 5.45. The summed E-state index contributed by atoms with van der Waals surface area (Å²) in [5, 5.41) is 0. The van der Waals surface area contributed by atoms with E-state index < -0.39 is 23.8 Å². The fourth-order valence-corrected chi connectivity index (χ4v) is 3.64. The molecule has 2 unspecified atom stereocenters. The Morgan fingerprint density at radius 1 is 1.03 bits per heavy atom. The number of hydrogen-bond acceptors (Lipinski definition) is 5. The number of anilines is 1. The molecule has 0 spiro atoms. The molecule has 2 aliphatic heterocycles. The predicted molar refractivity (Wildman–Crippen MR) is 114 cm³/mol. The second kappa shape index (κ2) is 8.67. The van der Waals surface area contributed by atoms with Gasteiger partial charge in [0.05, 0.1) is 5.92 Å². The third-order valence-electron chi connectivity index (χ3n) is 5.45. The van der Waals surface area contributed by atoms with Crippen molar-refractivity contribution >= 4 is 23.4 Å². The first kappa shape index (κ1) is 20.7. The van der Waals surface area contributed by atoms with Gasteiger partial charge in [0.2, 0.25) is 17.9 Å². The molecule has 0 aliphatic carbocycles. The Hall–Kier alpha value is -3.55. The number of rotatable bonds is 4. The standard InChI is InChI=1S/C23H25N3O5/c1-14(2)15-6-5-7-17(10-15)26-12-16(11-21(26)27)22(28)24-25-23(29)20-13-30-18-8-3-4-9-19(18)31-20/h3-10,14,16,20H,11-13H2,1-2H3,(H,24,28)(H,25,29). The van der Waals surface area contributed by atoms with E-state index in [0.29, 0.717) is 17.4 Å². The number of nitrogens with one attached hydrogen (secondary N) is 2. The molecule has 31 heavy (non-hydrogen) atoms. The van der Waals surface area contributed by atoms with Gasteiger partial charge < -0.3 is 14.4 Å². The molecular formula is C23H25N3O5. The number of carbonyl (C=O) groups is 3. The van der Waals surface area contributed by atoms with Crippen molar-refractivity contribution in [3.63, 3.8) is 0 Å². The lowest BCUT2D eigenvalue weighted by Gasteiger charge is -2.25. The van der Waals surface area contributed by atoms with Crippen molar-refractivity contribution < 1.29 is 23.9 Å². The number of nitrogens with zero attached hydrogens (tertiary/aromatic N) is 1. The quantitative estimate of drug-likeness (QED) is 0.735. The largest absolute Gasteiger partial charge is 0.485 e. The van der Waals surface area contributed by atoms with Crippen molar-refractivity contribution in [1.29, 1.82) is 0 Å². The minimum absolute atomic E-state index is 0.0423. The van der Waals surface area contributed by atoms with Crippen LogP contribution in [0.3, 0.4) is 0 Å². The molecular weight excluding hydrogens is 398 g/mol. The number of amides is 3. The maximum Gasteiger partial charge on any atom is 0.283 e. The van der Waals surface area contributed by atoms with Gasteiger partial charge in [-0.1, -0.05) is 38.1 Å². The summed E-state index contributed by atoms with van der Waals surface area (Å²) in [6.07, 6.45) is -0.792. The average Bonchev–Trinajstić information content (AvgIpc) is 3.18. The zero-order chi connectivity index (χ0) is 22.0. The fraction of sp³-hybridized carbons (Fsp3) is 0.348. The number of benzene rings is 2. The number of fused-ring (bicyclic) bond motifs is 1. The van der Waals surface area contributed by atoms with E-state index in [1.54, 1.807) is 23.1 Å². The predicted octanol–water partition coefficient (Wildman–Crippen LogP) is 2.15. The summed E-state index contributed by atoms with van der Waals surface area (Å²) in [4.78, 5) is 39.0. The summed E-state index contributed by atoms with van der Waals surface area (Å²) in [5.74, 6) is -0.227. The molecule has 1 saturated heterocycles. The van der Waals surface area contributed by atoms with E-state index in [0.717, 1.165) is 11.3 Å². The van der Waals surface area contributed by atoms with Crippen molar-refractivity contribution in [2.24, 2.45) is 5.92 Å². The Morgan fingerprint density at radius 2 is 1.77 bits per heavy atom. The van der Waals surface area contributed by atoms with Crippen LogP contribution in [0.5, 0.6) is 11.5 Å². The molecule has 162 valence electrons. The lowest BCUT2D eigenvalue weighted by molar-refractivity contribution is -0.136. The Morgan fingerprint density at radius 3 is 2.55 bits per heavy atom. The first-order chi connectivity index (χ1) is 14.9. The molecule has 2 aliphatic rings. The van der Waals surface area contributed by atoms with E-state index >= 15 is 0 Å². The second-order valence-electron chi connectivity index (χ2n) is 8.00. The van der Waals surface area contributed by atoms with Gasteiger partial charge in [0, 0.05) is 18.7 Å². The number of hydrazine groups is 1. The molecule has 2 atom stereocenters. The van der Waals surface area contributed by atoms with E-state index in [4.69, 9.17) is 9.47 Å². The molecule has 2 aromatic carbocycles. The van der Waals surface area contributed by atoms with Gasteiger partial charge in [0.15, 0.2) is 11.5 Å². The smallest absolute Gasteiger partial charge is 0.283 e. The molecule has 0 radical (unpaired) electrons. The molecule has 1 fully saturated rings. The van der Waals surface area contributed by atoms with Crippen LogP contribution in [0.4, 0.5) is 5.69 Å². The monoisotopic (exact) mass is 423 g/mol. The highest BCUT2D eigenvalue weighted by Gasteiger charge is 2.36. The van der Waals surface area contributed by atoms with Crippen LogP contribution in [0.25, 0.3) is 0 Å². The van der Waals surface area contributed by atoms with Crippen molar-refractivity contribution in [3.05, 3.63) is 54.1 Å². The van der Waals surface area contributed by atoms with Crippen LogP contribution < -0.4 is 25.2 Å². The van der Waals surface area contributed by atoms with Gasteiger partial charge in [0.1, 0.15) is 6.61 Å². The second-order valence-corrected chi connectivity index (χ2v) is 8.00. The SMILES string of the molecule is CC(C)c1cccc(N2CC(C(=O)NNC(=O)C3COc4ccccc4O3)CC2=O)c1. The van der Waals surface area contributed by atoms with Crippen LogP contribution in [0, 0.1) is 5.92 Å². The molecule has 2 N–H and O–H groups in total. The summed E-state index contributed by atoms with van der Waals surface area (Å²) in [6, 6.07) is 14.8. The summed E-state index contributed by atoms with van der Waals surface area (Å²) in [7, 11) is 0. The zero-order valence-corrected chi connectivity index (χ0v) is 17.5. The number of hydrogen-bond donors (Lipinski definition) is 2. The van der Waals surface area contributed by atoms with Crippen molar-refractivity contribution in [3.8, 4) is 11.5 Å². The number of ether oxygens (including phenoxy) is 2. The van der Waals surface area contributed by atoms with Crippen molar-refractivity contribution in [2.45, 2.75) is 32.3 Å². The van der Waals surface area contributed by atoms with Gasteiger partial charge in [-0.15, -0.1) is 0 Å². The Kier molecular flexibility index (Phi) is 5.79. The van der Waals surface area contributed by atoms with E-state index in [9.17, 15) is 14.4 Å². The summed E-state index contributed by atoms with van der Waals surface area (Å²) in [6.45, 7) is 4.48. The van der Waals surface area contributed by atoms with Gasteiger partial charge >= 0.3 is 0 Å².